The Morgan fingerprint density at radius 1 is 0.485 bits per heavy atom. The fraction of sp³-hybridized carbons (Fsp3) is 0.875. The SMILES string of the molecule is CC(C)N1C(=S)N2C(N3C(=S)N(C(C)C)C(C)(C)C3N3C(=S)N(C(C)C)C(C)(C)C23)C1(C)C. The van der Waals surface area contributed by atoms with Crippen LogP contribution in [-0.4, -0.2) is 98.0 Å². The molecule has 9 heteroatoms. The topological polar surface area (TPSA) is 19.4 Å². The lowest BCUT2D eigenvalue weighted by Crippen LogP contribution is -2.75. The van der Waals surface area contributed by atoms with Gasteiger partial charge in [0.1, 0.15) is 18.5 Å². The third kappa shape index (κ3) is 2.90. The Morgan fingerprint density at radius 2 is 0.667 bits per heavy atom. The third-order valence-corrected chi connectivity index (χ3v) is 9.39. The predicted molar refractivity (Wildman–Crippen MR) is 148 cm³/mol. The zero-order valence-electron chi connectivity index (χ0n) is 22.4. The number of nitrogens with zero attached hydrogens (tertiary/aromatic N) is 6. The number of fused-ring (bicyclic) bond motifs is 6. The molecular weight excluding hydrogens is 469 g/mol. The van der Waals surface area contributed by atoms with Crippen molar-refractivity contribution in [3.8, 4) is 0 Å². The number of hydrogen-bond acceptors (Lipinski definition) is 3. The van der Waals surface area contributed by atoms with E-state index in [1.54, 1.807) is 0 Å². The molecule has 0 unspecified atom stereocenters. The lowest BCUT2D eigenvalue weighted by Gasteiger charge is -2.57. The fourth-order valence-electron chi connectivity index (χ4n) is 7.62. The Morgan fingerprint density at radius 3 is 0.818 bits per heavy atom. The zero-order chi connectivity index (χ0) is 25.2. The highest BCUT2D eigenvalue weighted by Crippen LogP contribution is 2.54. The second-order valence-corrected chi connectivity index (χ2v) is 13.6. The van der Waals surface area contributed by atoms with E-state index >= 15 is 0 Å². The monoisotopic (exact) mass is 510 g/mol. The van der Waals surface area contributed by atoms with Gasteiger partial charge in [0.25, 0.3) is 0 Å². The van der Waals surface area contributed by atoms with Crippen LogP contribution in [0.4, 0.5) is 0 Å². The standard InChI is InChI=1S/C24H42N6S3/c1-13(2)28-19(31)25-16(22(28,7)8)26-18(24(11,12)29(14(3)4)20(26)32)27-17(25)23(9,10)30(15(5)6)21(27)33/h13-18H,1-12H3. The molecule has 0 bridgehead atoms. The van der Waals surface area contributed by atoms with Crippen molar-refractivity contribution in [1.29, 1.82) is 0 Å². The van der Waals surface area contributed by atoms with Crippen molar-refractivity contribution in [1.82, 2.24) is 29.4 Å². The van der Waals surface area contributed by atoms with E-state index in [1.807, 2.05) is 0 Å². The van der Waals surface area contributed by atoms with Crippen molar-refractivity contribution < 1.29 is 0 Å². The van der Waals surface area contributed by atoms with Crippen molar-refractivity contribution in [2.45, 2.75) is 136 Å². The van der Waals surface area contributed by atoms with Crippen LogP contribution in [0.25, 0.3) is 0 Å². The molecule has 186 valence electrons. The first kappa shape index (κ1) is 25.2. The van der Waals surface area contributed by atoms with Gasteiger partial charge in [-0.1, -0.05) is 0 Å². The fourth-order valence-corrected chi connectivity index (χ4v) is 9.56. The minimum absolute atomic E-state index is 0.0309. The number of thiocarbonyl (C=S) groups is 3. The molecule has 4 fully saturated rings. The highest BCUT2D eigenvalue weighted by atomic mass is 32.1. The van der Waals surface area contributed by atoms with Gasteiger partial charge in [-0.25, -0.2) is 0 Å². The highest BCUT2D eigenvalue weighted by Gasteiger charge is 2.72. The summed E-state index contributed by atoms with van der Waals surface area (Å²) in [6.07, 6.45) is 0.0927. The summed E-state index contributed by atoms with van der Waals surface area (Å²) in [5, 5.41) is 2.70. The van der Waals surface area contributed by atoms with Gasteiger partial charge in [0.05, 0.1) is 16.6 Å². The van der Waals surface area contributed by atoms with Crippen LogP contribution in [0.2, 0.25) is 0 Å². The van der Waals surface area contributed by atoms with Crippen molar-refractivity contribution in [3.05, 3.63) is 0 Å². The molecule has 4 aliphatic rings. The van der Waals surface area contributed by atoms with Gasteiger partial charge in [0.2, 0.25) is 0 Å². The third-order valence-electron chi connectivity index (χ3n) is 8.17. The Kier molecular flexibility index (Phi) is 5.56. The zero-order valence-corrected chi connectivity index (χ0v) is 24.8. The molecule has 0 amide bonds. The lowest BCUT2D eigenvalue weighted by molar-refractivity contribution is -0.112. The summed E-state index contributed by atoms with van der Waals surface area (Å²) < 4.78 is 0. The van der Waals surface area contributed by atoms with Gasteiger partial charge < -0.3 is 29.4 Å². The van der Waals surface area contributed by atoms with E-state index in [4.69, 9.17) is 36.7 Å². The number of rotatable bonds is 3. The van der Waals surface area contributed by atoms with E-state index in [1.165, 1.54) is 0 Å². The van der Waals surface area contributed by atoms with Gasteiger partial charge in [-0.05, 0) is 120 Å². The van der Waals surface area contributed by atoms with E-state index < -0.39 is 0 Å². The van der Waals surface area contributed by atoms with E-state index in [0.29, 0.717) is 0 Å². The van der Waals surface area contributed by atoms with E-state index in [0.717, 1.165) is 15.3 Å². The summed E-state index contributed by atoms with van der Waals surface area (Å²) in [6.45, 7) is 27.4. The van der Waals surface area contributed by atoms with Crippen LogP contribution in [0.15, 0.2) is 0 Å². The van der Waals surface area contributed by atoms with Crippen LogP contribution in [0, 0.1) is 0 Å². The molecule has 0 saturated carbocycles. The number of hydrogen-bond donors (Lipinski definition) is 0. The molecule has 4 saturated heterocycles. The van der Waals surface area contributed by atoms with Crippen LogP contribution in [-0.2, 0) is 0 Å². The Hall–Kier alpha value is -0.930. The van der Waals surface area contributed by atoms with E-state index in [-0.39, 0.29) is 53.2 Å². The second kappa shape index (κ2) is 7.29. The van der Waals surface area contributed by atoms with E-state index in [9.17, 15) is 0 Å². The molecule has 4 heterocycles. The van der Waals surface area contributed by atoms with Crippen LogP contribution < -0.4 is 0 Å². The predicted octanol–water partition coefficient (Wildman–Crippen LogP) is 4.25. The van der Waals surface area contributed by atoms with Gasteiger partial charge in [-0.3, -0.25) is 0 Å². The summed E-state index contributed by atoms with van der Waals surface area (Å²) in [7, 11) is 0. The van der Waals surface area contributed by atoms with Crippen LogP contribution in [0.1, 0.15) is 83.1 Å². The molecule has 0 atom stereocenters. The summed E-state index contributed by atoms with van der Waals surface area (Å²) >= 11 is 18.7. The molecule has 4 aliphatic heterocycles. The van der Waals surface area contributed by atoms with Crippen molar-refractivity contribution >= 4 is 52.0 Å². The molecule has 0 aliphatic carbocycles. The smallest absolute Gasteiger partial charge is 0.175 e. The minimum Gasteiger partial charge on any atom is -0.338 e. The van der Waals surface area contributed by atoms with Crippen molar-refractivity contribution in [2.24, 2.45) is 0 Å². The van der Waals surface area contributed by atoms with E-state index in [2.05, 4.69) is 112 Å². The quantitative estimate of drug-likeness (QED) is 0.515. The molecule has 6 nitrogen and oxygen atoms in total. The summed E-state index contributed by atoms with van der Waals surface area (Å²) in [4.78, 5) is 14.6. The maximum atomic E-state index is 6.25. The largest absolute Gasteiger partial charge is 0.338 e. The second-order valence-electron chi connectivity index (χ2n) is 12.5. The van der Waals surface area contributed by atoms with Gasteiger partial charge in [-0.15, -0.1) is 0 Å². The summed E-state index contributed by atoms with van der Waals surface area (Å²) in [6, 6.07) is 0.856. The van der Waals surface area contributed by atoms with Gasteiger partial charge in [0, 0.05) is 18.1 Å². The molecular formula is C24H42N6S3. The molecule has 0 aromatic heterocycles. The highest BCUT2D eigenvalue weighted by molar-refractivity contribution is 7.80. The Balaban J connectivity index is 2.02. The molecule has 0 aromatic rings. The van der Waals surface area contributed by atoms with Crippen LogP contribution in [0.5, 0.6) is 0 Å². The first-order valence-electron chi connectivity index (χ1n) is 12.3. The van der Waals surface area contributed by atoms with Gasteiger partial charge >= 0.3 is 0 Å². The minimum atomic E-state index is -0.217. The molecule has 0 N–H and O–H groups in total. The average Bonchev–Trinajstić information content (AvgIpc) is 3.06. The van der Waals surface area contributed by atoms with Crippen LogP contribution >= 0.6 is 36.7 Å². The molecule has 0 radical (unpaired) electrons. The molecule has 0 aromatic carbocycles. The maximum Gasteiger partial charge on any atom is 0.175 e. The maximum absolute atomic E-state index is 6.25. The van der Waals surface area contributed by atoms with Crippen molar-refractivity contribution in [3.63, 3.8) is 0 Å². The summed E-state index contributed by atoms with van der Waals surface area (Å²) in [5.41, 5.74) is -0.650. The van der Waals surface area contributed by atoms with Gasteiger partial charge in [-0.2, -0.15) is 0 Å². The Labute approximate surface area is 217 Å². The summed E-state index contributed by atoms with van der Waals surface area (Å²) in [5.74, 6) is 0. The first-order chi connectivity index (χ1) is 14.9. The van der Waals surface area contributed by atoms with Crippen LogP contribution in [0.3, 0.4) is 0 Å². The Bertz CT molecular complexity index is 769. The first-order valence-corrected chi connectivity index (χ1v) is 13.5. The van der Waals surface area contributed by atoms with Crippen molar-refractivity contribution in [2.75, 3.05) is 0 Å². The normalized spacial score (nSPS) is 32.1. The van der Waals surface area contributed by atoms with Gasteiger partial charge in [0.15, 0.2) is 15.3 Å². The molecule has 33 heavy (non-hydrogen) atoms. The molecule has 4 rings (SSSR count). The average molecular weight is 511 g/mol. The lowest BCUT2D eigenvalue weighted by atomic mass is 9.89. The molecule has 0 spiro atoms.